The molecule has 0 radical (unpaired) electrons. The first-order valence-electron chi connectivity index (χ1n) is 18.4. The van der Waals surface area contributed by atoms with Crippen LogP contribution in [0.3, 0.4) is 0 Å². The van der Waals surface area contributed by atoms with Crippen LogP contribution in [0.1, 0.15) is 96.6 Å². The molecule has 13 nitrogen and oxygen atoms in total. The van der Waals surface area contributed by atoms with E-state index in [4.69, 9.17) is 8.83 Å². The third-order valence-corrected chi connectivity index (χ3v) is 11.7. The molecule has 16 heteroatoms. The molecule has 1 aliphatic rings. The predicted molar refractivity (Wildman–Crippen MR) is 217 cm³/mol. The van der Waals surface area contributed by atoms with Crippen LogP contribution in [0.5, 0.6) is 5.95 Å². The van der Waals surface area contributed by atoms with Gasteiger partial charge in [0.25, 0.3) is 26.2 Å². The van der Waals surface area contributed by atoms with Crippen molar-refractivity contribution in [2.45, 2.75) is 95.8 Å². The molecule has 0 spiro atoms. The van der Waals surface area contributed by atoms with Crippen LogP contribution in [0, 0.1) is 0 Å². The Hall–Kier alpha value is -3.31. The van der Waals surface area contributed by atoms with E-state index in [2.05, 4.69) is 18.7 Å². The maximum absolute atomic E-state index is 13.9. The van der Waals surface area contributed by atoms with E-state index in [-0.39, 0.29) is 69.5 Å². The van der Waals surface area contributed by atoms with E-state index in [1.807, 2.05) is 6.07 Å². The molecule has 4 aromatic rings. The van der Waals surface area contributed by atoms with Crippen molar-refractivity contribution in [1.29, 1.82) is 0 Å². The number of anilines is 1. The Bertz CT molecular complexity index is 2440. The quantitative estimate of drug-likeness (QED) is 0.0246. The van der Waals surface area contributed by atoms with E-state index < -0.39 is 48.4 Å². The molecule has 2 aromatic heterocycles. The van der Waals surface area contributed by atoms with Gasteiger partial charge in [0.1, 0.15) is 17.7 Å². The van der Waals surface area contributed by atoms with Crippen LogP contribution in [0.4, 0.5) is 11.4 Å². The summed E-state index contributed by atoms with van der Waals surface area (Å²) in [5.74, 6) is -1.29. The predicted octanol–water partition coefficient (Wildman–Crippen LogP) is 6.54. The average molecular weight is 810 g/mol. The number of unbranched alkanes of at least 4 members (excludes halogenated alkanes) is 6. The molecule has 0 saturated heterocycles. The summed E-state index contributed by atoms with van der Waals surface area (Å²) in [6, 6.07) is 9.37. The normalized spacial score (nSPS) is 14.2. The Kier molecular flexibility index (Phi) is 14.8. The van der Waals surface area contributed by atoms with Crippen molar-refractivity contribution in [2.24, 2.45) is 0 Å². The standard InChI is InChI=1S/C39H48N2O11S2.Na.H/c1-5-7-9-11-20-40(21-12-10-8-6-2)26-14-16-28-32(24-26)51-38(44)34-35(42)29(37(43)52-36(28)34)17-19-33-39(3,4)30-25-27(54(48,49)50)15-18-31(30)41(33)22-13-23-53(45,46)47;;/h14-19,24-25H,5-13,20-23H2,1-4H3,(H2,45,46,47,48,49,50);;/p+1. The second-order valence-electron chi connectivity index (χ2n) is 14.3. The van der Waals surface area contributed by atoms with Crippen LogP contribution in [0.2, 0.25) is 0 Å². The third-order valence-electron chi connectivity index (χ3n) is 10.0. The van der Waals surface area contributed by atoms with E-state index in [1.54, 1.807) is 30.6 Å². The molecule has 0 unspecified atom stereocenters. The van der Waals surface area contributed by atoms with Crippen LogP contribution in [0.15, 0.2) is 65.8 Å². The SMILES string of the molecule is CCCCCCN(CCCCCC)c1ccc2c(c1)oc(=O)c1c(=O)c(/C=C/C3=[N+](CCCS(=O)(=O)O)c4ccc(S(=O)(=O)O)cc4C3(C)C)c(O)oc12.[NaH]. The van der Waals surface area contributed by atoms with Gasteiger partial charge in [-0.1, -0.05) is 52.4 Å². The Morgan fingerprint density at radius 2 is 1.49 bits per heavy atom. The Morgan fingerprint density at radius 1 is 0.836 bits per heavy atom. The van der Waals surface area contributed by atoms with Crippen molar-refractivity contribution in [2.75, 3.05) is 30.3 Å². The number of rotatable bonds is 18. The summed E-state index contributed by atoms with van der Waals surface area (Å²) in [4.78, 5) is 29.2. The summed E-state index contributed by atoms with van der Waals surface area (Å²) in [6.07, 6.45) is 11.6. The van der Waals surface area contributed by atoms with Gasteiger partial charge in [-0.2, -0.15) is 21.4 Å². The second-order valence-corrected chi connectivity index (χ2v) is 17.3. The first-order chi connectivity index (χ1) is 25.5. The Balaban J connectivity index is 0.00000673. The molecule has 0 atom stereocenters. The van der Waals surface area contributed by atoms with Crippen LogP contribution < -0.4 is 16.0 Å². The molecule has 55 heavy (non-hydrogen) atoms. The summed E-state index contributed by atoms with van der Waals surface area (Å²) >= 11 is 0. The van der Waals surface area contributed by atoms with Crippen LogP contribution in [-0.2, 0) is 25.7 Å². The van der Waals surface area contributed by atoms with Gasteiger partial charge in [-0.15, -0.1) is 0 Å². The molecule has 3 N–H and O–H groups in total. The minimum absolute atomic E-state index is 0. The zero-order chi connectivity index (χ0) is 39.4. The van der Waals surface area contributed by atoms with Crippen molar-refractivity contribution < 1.29 is 44.5 Å². The van der Waals surface area contributed by atoms with Gasteiger partial charge in [0.05, 0.1) is 21.4 Å². The monoisotopic (exact) mass is 809 g/mol. The molecule has 0 saturated carbocycles. The van der Waals surface area contributed by atoms with Crippen LogP contribution >= 0.6 is 0 Å². The van der Waals surface area contributed by atoms with E-state index >= 15 is 0 Å². The zero-order valence-corrected chi connectivity index (χ0v) is 32.8. The molecule has 0 aliphatic carbocycles. The topological polar surface area (TPSA) is 196 Å². The van der Waals surface area contributed by atoms with Gasteiger partial charge in [0.2, 0.25) is 11.1 Å². The van der Waals surface area contributed by atoms with E-state index in [1.165, 1.54) is 30.4 Å². The number of nitrogens with zero attached hydrogens (tertiary/aromatic N) is 2. The van der Waals surface area contributed by atoms with E-state index in [9.17, 15) is 40.6 Å². The number of fused-ring (bicyclic) bond motifs is 4. The van der Waals surface area contributed by atoms with Crippen LogP contribution in [-0.4, -0.2) is 96.3 Å². The molecule has 3 heterocycles. The van der Waals surface area contributed by atoms with Gasteiger partial charge in [-0.05, 0) is 57.0 Å². The third kappa shape index (κ3) is 10.2. The number of benzene rings is 2. The Morgan fingerprint density at radius 3 is 2.09 bits per heavy atom. The number of hydrogen-bond donors (Lipinski definition) is 3. The van der Waals surface area contributed by atoms with E-state index in [0.29, 0.717) is 22.3 Å². The van der Waals surface area contributed by atoms with Crippen molar-refractivity contribution in [1.82, 2.24) is 0 Å². The number of allylic oxidation sites excluding steroid dienone is 1. The summed E-state index contributed by atoms with van der Waals surface area (Å²) < 4.78 is 79.2. The zero-order valence-electron chi connectivity index (χ0n) is 31.1. The molecular weight excluding hydrogens is 760 g/mol. The molecule has 294 valence electrons. The molecular formula is C39H50N2NaO11S2+. The molecule has 2 aromatic carbocycles. The fraction of sp³-hybridized carbons (Fsp3) is 0.462. The summed E-state index contributed by atoms with van der Waals surface area (Å²) in [5.41, 5.74) is -0.645. The first kappa shape index (κ1) is 44.4. The van der Waals surface area contributed by atoms with Crippen molar-refractivity contribution in [3.8, 4) is 5.95 Å². The van der Waals surface area contributed by atoms with E-state index in [0.717, 1.165) is 70.1 Å². The molecule has 1 aliphatic heterocycles. The fourth-order valence-electron chi connectivity index (χ4n) is 7.14. The van der Waals surface area contributed by atoms with Gasteiger partial charge < -0.3 is 18.8 Å². The summed E-state index contributed by atoms with van der Waals surface area (Å²) in [7, 11) is -8.84. The van der Waals surface area contributed by atoms with Crippen LogP contribution in [0.25, 0.3) is 28.0 Å². The second kappa shape index (κ2) is 18.3. The summed E-state index contributed by atoms with van der Waals surface area (Å²) in [5, 5.41) is 11.1. The molecule has 0 fully saturated rings. The van der Waals surface area contributed by atoms with Gasteiger partial charge in [0.15, 0.2) is 16.7 Å². The Labute approximate surface area is 343 Å². The van der Waals surface area contributed by atoms with Crippen molar-refractivity contribution in [3.63, 3.8) is 0 Å². The number of aromatic hydroxyl groups is 1. The van der Waals surface area contributed by atoms with Gasteiger partial charge in [0, 0.05) is 49.0 Å². The molecule has 5 rings (SSSR count). The fourth-order valence-corrected chi connectivity index (χ4v) is 8.14. The average Bonchev–Trinajstić information content (AvgIpc) is 3.30. The molecule has 0 amide bonds. The van der Waals surface area contributed by atoms with Gasteiger partial charge >= 0.3 is 35.2 Å². The van der Waals surface area contributed by atoms with Gasteiger partial charge in [-0.25, -0.2) is 4.79 Å². The maximum atomic E-state index is 13.9. The van der Waals surface area contributed by atoms with Crippen molar-refractivity contribution in [3.05, 3.63) is 74.2 Å². The first-order valence-corrected chi connectivity index (χ1v) is 21.4. The number of hydrogen-bond acceptors (Lipinski definition) is 10. The summed E-state index contributed by atoms with van der Waals surface area (Å²) in [6.45, 7) is 9.62. The molecule has 0 bridgehead atoms. The van der Waals surface area contributed by atoms with Crippen molar-refractivity contribution >= 4 is 94.9 Å². The van der Waals surface area contributed by atoms with Gasteiger partial charge in [-0.3, -0.25) is 13.9 Å². The minimum atomic E-state index is -4.56.